The molecule has 5 atom stereocenters. The first kappa shape index (κ1) is 27.5. The molecule has 2 fully saturated rings. The van der Waals surface area contributed by atoms with E-state index in [4.69, 9.17) is 25.8 Å². The van der Waals surface area contributed by atoms with Crippen LogP contribution in [0.3, 0.4) is 0 Å². The summed E-state index contributed by atoms with van der Waals surface area (Å²) in [6.07, 6.45) is 3.60. The number of H-pyrrole nitrogens is 1. The number of hydrogen-bond donors (Lipinski definition) is 4. The fraction of sp³-hybridized carbons (Fsp3) is 0.483. The van der Waals surface area contributed by atoms with Crippen LogP contribution in [0.1, 0.15) is 43.9 Å². The third-order valence-corrected chi connectivity index (χ3v) is 8.29. The smallest absolute Gasteiger partial charge is 0.296 e. The average Bonchev–Trinajstić information content (AvgIpc) is 3.71. The summed E-state index contributed by atoms with van der Waals surface area (Å²) in [6.45, 7) is 4.49. The van der Waals surface area contributed by atoms with Crippen LogP contribution in [0, 0.1) is 5.82 Å². The maximum Gasteiger partial charge on any atom is 0.296 e. The van der Waals surface area contributed by atoms with Gasteiger partial charge in [-0.25, -0.2) is 9.37 Å². The minimum absolute atomic E-state index is 0.249. The van der Waals surface area contributed by atoms with Crippen molar-refractivity contribution >= 4 is 28.6 Å². The van der Waals surface area contributed by atoms with Gasteiger partial charge < -0.3 is 34.7 Å². The number of nitrogens with zero attached hydrogens (tertiary/aromatic N) is 4. The molecule has 1 aliphatic carbocycles. The van der Waals surface area contributed by atoms with Crippen LogP contribution in [-0.2, 0) is 22.4 Å². The molecule has 0 amide bonds. The Morgan fingerprint density at radius 3 is 2.88 bits per heavy atom. The standard InChI is InChI=1S/C29H32ClFN6O5/c1-29(2,39)13-37-11-16(10-32-37)15-7-14-3-4-19(23(14)18(31)8-15)33-26-17(30)9-20-27(35-26)36-28(34-20)42-22-12-41-24-21(38)5-6-40-25(22)24/h7-11,19,21-22,24-25,38-39H,3-6,12-13H2,1-2H3,(H2,33,34,35,36)/t19-,21+,22+,24+,25+/m0/s1. The molecule has 0 unspecified atom stereocenters. The lowest BCUT2D eigenvalue weighted by Crippen LogP contribution is -2.47. The van der Waals surface area contributed by atoms with Crippen LogP contribution < -0.4 is 10.1 Å². The van der Waals surface area contributed by atoms with E-state index in [1.165, 1.54) is 6.07 Å². The number of rotatable bonds is 7. The summed E-state index contributed by atoms with van der Waals surface area (Å²) in [5, 5.41) is 28.3. The van der Waals surface area contributed by atoms with Crippen LogP contribution in [0.4, 0.5) is 10.2 Å². The van der Waals surface area contributed by atoms with Gasteiger partial charge in [-0.3, -0.25) is 4.68 Å². The summed E-state index contributed by atoms with van der Waals surface area (Å²) in [4.78, 5) is 12.2. The van der Waals surface area contributed by atoms with E-state index in [9.17, 15) is 10.2 Å². The maximum atomic E-state index is 15.5. The molecule has 3 aromatic heterocycles. The summed E-state index contributed by atoms with van der Waals surface area (Å²) in [5.41, 5.74) is 3.12. The molecule has 2 aliphatic heterocycles. The van der Waals surface area contributed by atoms with Gasteiger partial charge >= 0.3 is 0 Å². The first-order chi connectivity index (χ1) is 20.1. The minimum atomic E-state index is -0.906. The van der Waals surface area contributed by atoms with Crippen LogP contribution in [0.5, 0.6) is 6.01 Å². The van der Waals surface area contributed by atoms with Crippen LogP contribution in [0.2, 0.25) is 5.02 Å². The fourth-order valence-corrected chi connectivity index (χ4v) is 6.32. The van der Waals surface area contributed by atoms with Gasteiger partial charge in [-0.2, -0.15) is 10.1 Å². The molecule has 3 aliphatic rings. The summed E-state index contributed by atoms with van der Waals surface area (Å²) in [6, 6.07) is 5.16. The molecule has 1 aromatic carbocycles. The number of imidazole rings is 1. The number of aliphatic hydroxyl groups excluding tert-OH is 1. The lowest BCUT2D eigenvalue weighted by molar-refractivity contribution is -0.124. The van der Waals surface area contributed by atoms with Gasteiger partial charge in [0.15, 0.2) is 11.8 Å². The Balaban J connectivity index is 1.08. The van der Waals surface area contributed by atoms with Gasteiger partial charge in [0.2, 0.25) is 0 Å². The number of hydrogen-bond acceptors (Lipinski definition) is 9. The number of aliphatic hydroxyl groups is 2. The van der Waals surface area contributed by atoms with E-state index < -0.39 is 23.9 Å². The van der Waals surface area contributed by atoms with Crippen LogP contribution in [-0.4, -0.2) is 78.2 Å². The molecule has 42 heavy (non-hydrogen) atoms. The lowest BCUT2D eigenvalue weighted by atomic mass is 10.0. The van der Waals surface area contributed by atoms with Crippen LogP contribution in [0.15, 0.2) is 30.6 Å². The molecule has 5 heterocycles. The van der Waals surface area contributed by atoms with E-state index in [0.29, 0.717) is 60.0 Å². The number of aromatic amines is 1. The van der Waals surface area contributed by atoms with E-state index in [1.807, 2.05) is 12.3 Å². The van der Waals surface area contributed by atoms with E-state index in [1.54, 1.807) is 30.8 Å². The van der Waals surface area contributed by atoms with Crippen LogP contribution >= 0.6 is 11.6 Å². The van der Waals surface area contributed by atoms with Crippen molar-refractivity contribution in [1.29, 1.82) is 0 Å². The molecular formula is C29H32ClFN6O5. The van der Waals surface area contributed by atoms with E-state index in [-0.39, 0.29) is 30.6 Å². The number of ether oxygens (including phenoxy) is 3. The fourth-order valence-electron chi connectivity index (χ4n) is 6.11. The molecule has 4 aromatic rings. The quantitative estimate of drug-likeness (QED) is 0.250. The molecule has 0 radical (unpaired) electrons. The SMILES string of the molecule is CC(C)(O)Cn1cc(-c2cc(F)c3c(c2)CC[C@@H]3Nc2nc3nc(O[C@@H]4CO[C@H]5[C@@H]4OCC[C@H]5O)[nH]c3cc2Cl)cn1. The molecule has 0 spiro atoms. The van der Waals surface area contributed by atoms with Crippen molar-refractivity contribution in [3.05, 3.63) is 52.6 Å². The number of halogens is 2. The Kier molecular flexibility index (Phi) is 6.86. The molecule has 222 valence electrons. The van der Waals surface area contributed by atoms with Gasteiger partial charge in [0.1, 0.15) is 23.8 Å². The van der Waals surface area contributed by atoms with Crippen LogP contribution in [0.25, 0.3) is 22.3 Å². The zero-order chi connectivity index (χ0) is 29.2. The number of aromatic nitrogens is 5. The van der Waals surface area contributed by atoms with Gasteiger partial charge in [-0.1, -0.05) is 17.7 Å². The van der Waals surface area contributed by atoms with Gasteiger partial charge in [-0.15, -0.1) is 0 Å². The predicted molar refractivity (Wildman–Crippen MR) is 152 cm³/mol. The summed E-state index contributed by atoms with van der Waals surface area (Å²) >= 11 is 6.59. The van der Waals surface area contributed by atoms with Crippen molar-refractivity contribution in [2.24, 2.45) is 0 Å². The van der Waals surface area contributed by atoms with Crippen molar-refractivity contribution < 1.29 is 28.8 Å². The summed E-state index contributed by atoms with van der Waals surface area (Å²) < 4.78 is 34.7. The number of fused-ring (bicyclic) bond motifs is 3. The van der Waals surface area contributed by atoms with Gasteiger partial charge in [0.25, 0.3) is 6.01 Å². The van der Waals surface area contributed by atoms with Gasteiger partial charge in [0, 0.05) is 23.9 Å². The van der Waals surface area contributed by atoms with Crippen molar-refractivity contribution in [3.8, 4) is 17.1 Å². The normalized spacial score (nSPS) is 25.5. The average molecular weight is 599 g/mol. The maximum absolute atomic E-state index is 15.5. The molecule has 13 heteroatoms. The molecule has 0 saturated carbocycles. The molecule has 11 nitrogen and oxygen atoms in total. The number of anilines is 1. The number of benzene rings is 1. The zero-order valence-electron chi connectivity index (χ0n) is 23.2. The van der Waals surface area contributed by atoms with Crippen molar-refractivity contribution in [2.75, 3.05) is 18.5 Å². The highest BCUT2D eigenvalue weighted by atomic mass is 35.5. The first-order valence-electron chi connectivity index (χ1n) is 14.1. The Morgan fingerprint density at radius 1 is 1.19 bits per heavy atom. The molecular weight excluding hydrogens is 567 g/mol. The minimum Gasteiger partial charge on any atom is -0.456 e. The molecule has 2 saturated heterocycles. The summed E-state index contributed by atoms with van der Waals surface area (Å²) in [5.74, 6) is 0.0898. The molecule has 4 N–H and O–H groups in total. The highest BCUT2D eigenvalue weighted by molar-refractivity contribution is 6.33. The van der Waals surface area contributed by atoms with Crippen molar-refractivity contribution in [3.63, 3.8) is 0 Å². The predicted octanol–water partition coefficient (Wildman–Crippen LogP) is 3.78. The molecule has 0 bridgehead atoms. The van der Waals surface area contributed by atoms with E-state index in [0.717, 1.165) is 16.7 Å². The number of aryl methyl sites for hydroxylation is 1. The Morgan fingerprint density at radius 2 is 2.05 bits per heavy atom. The van der Waals surface area contributed by atoms with Crippen molar-refractivity contribution in [1.82, 2.24) is 24.7 Å². The third kappa shape index (κ3) is 5.22. The van der Waals surface area contributed by atoms with Gasteiger partial charge in [0.05, 0.1) is 47.6 Å². The Hall–Kier alpha value is -3.29. The Labute approximate surface area is 246 Å². The highest BCUT2D eigenvalue weighted by Crippen LogP contribution is 2.40. The second-order valence-corrected chi connectivity index (χ2v) is 12.3. The number of nitrogens with one attached hydrogen (secondary N) is 2. The second kappa shape index (κ2) is 10.5. The summed E-state index contributed by atoms with van der Waals surface area (Å²) in [7, 11) is 0. The molecule has 7 rings (SSSR count). The topological polar surface area (TPSA) is 140 Å². The lowest BCUT2D eigenvalue weighted by Gasteiger charge is -2.30. The van der Waals surface area contributed by atoms with Gasteiger partial charge in [-0.05, 0) is 56.4 Å². The largest absolute Gasteiger partial charge is 0.456 e. The highest BCUT2D eigenvalue weighted by Gasteiger charge is 2.46. The second-order valence-electron chi connectivity index (χ2n) is 11.9. The Bertz CT molecular complexity index is 1640. The van der Waals surface area contributed by atoms with Crippen molar-refractivity contribution in [2.45, 2.75) is 75.7 Å². The number of pyridine rings is 1. The first-order valence-corrected chi connectivity index (χ1v) is 14.5. The van der Waals surface area contributed by atoms with E-state index >= 15 is 4.39 Å². The monoisotopic (exact) mass is 598 g/mol. The third-order valence-electron chi connectivity index (χ3n) is 8.01. The zero-order valence-corrected chi connectivity index (χ0v) is 23.9. The van der Waals surface area contributed by atoms with E-state index in [2.05, 4.69) is 25.4 Å².